The molecule has 2 N–H and O–H groups in total. The molecule has 2 amide bonds. The number of oxime groups is 1. The van der Waals surface area contributed by atoms with Crippen LogP contribution in [0.5, 0.6) is 0 Å². The molecule has 0 bridgehead atoms. The summed E-state index contributed by atoms with van der Waals surface area (Å²) in [5, 5.41) is 12.8. The van der Waals surface area contributed by atoms with Crippen LogP contribution in [0, 0.1) is 0 Å². The van der Waals surface area contributed by atoms with E-state index >= 15 is 0 Å². The molecule has 1 fully saturated rings. The third-order valence-electron chi connectivity index (χ3n) is 11.2. The van der Waals surface area contributed by atoms with Gasteiger partial charge in [-0.15, -0.1) is 23.1 Å². The Labute approximate surface area is 398 Å². The minimum atomic E-state index is -0.956. The number of anilines is 1. The number of nitrogens with zero attached hydrogens (tertiary/aromatic N) is 3. The number of aromatic nitrogens is 1. The van der Waals surface area contributed by atoms with Crippen LogP contribution >= 0.6 is 45.7 Å². The molecule has 0 spiro atoms. The molecule has 0 aliphatic carbocycles. The van der Waals surface area contributed by atoms with Crippen molar-refractivity contribution in [3.05, 3.63) is 238 Å². The first kappa shape index (κ1) is 43.7. The Morgan fingerprint density at radius 1 is 0.754 bits per heavy atom. The summed E-state index contributed by atoms with van der Waals surface area (Å²) < 4.78 is 6.78. The molecule has 6 aromatic carbocycles. The van der Waals surface area contributed by atoms with E-state index in [0.29, 0.717) is 15.3 Å². The van der Waals surface area contributed by atoms with E-state index in [1.165, 1.54) is 28.0 Å². The number of halogens is 1. The monoisotopic (exact) mass is 1010 g/mol. The molecule has 1 aromatic heterocycles. The van der Waals surface area contributed by atoms with Crippen molar-refractivity contribution in [2.75, 3.05) is 15.5 Å². The largest absolute Gasteiger partial charge is 0.448 e. The second-order valence-electron chi connectivity index (χ2n) is 15.3. The van der Waals surface area contributed by atoms with Crippen molar-refractivity contribution in [1.29, 1.82) is 0 Å². The van der Waals surface area contributed by atoms with Gasteiger partial charge in [0.1, 0.15) is 35.0 Å². The van der Waals surface area contributed by atoms with E-state index in [0.717, 1.165) is 39.0 Å². The quantitative estimate of drug-likeness (QED) is 0.0187. The molecule has 0 saturated carbocycles. The molecule has 0 unspecified atom stereocenters. The lowest BCUT2D eigenvalue weighted by Gasteiger charge is -2.49. The van der Waals surface area contributed by atoms with Crippen LogP contribution < -0.4 is 10.6 Å². The van der Waals surface area contributed by atoms with Gasteiger partial charge in [0.05, 0.1) is 0 Å². The Hall–Kier alpha value is -6.55. The average molecular weight is 1010 g/mol. The molecule has 2 aliphatic heterocycles. The molecule has 3 heterocycles. The van der Waals surface area contributed by atoms with Gasteiger partial charge in [0.25, 0.3) is 11.8 Å². The molecule has 7 aromatic rings. The number of carbonyl (C=O) groups excluding carboxylic acids is 3. The van der Waals surface area contributed by atoms with E-state index in [-0.39, 0.29) is 23.7 Å². The molecule has 10 nitrogen and oxygen atoms in total. The van der Waals surface area contributed by atoms with Crippen molar-refractivity contribution in [3.8, 4) is 0 Å². The maximum Gasteiger partial charge on any atom is 0.356 e. The summed E-state index contributed by atoms with van der Waals surface area (Å²) in [4.78, 5) is 55.2. The lowest BCUT2D eigenvalue weighted by molar-refractivity contribution is -0.154. The fourth-order valence-electron chi connectivity index (χ4n) is 8.06. The van der Waals surface area contributed by atoms with Crippen LogP contribution in [0.1, 0.15) is 45.2 Å². The highest BCUT2D eigenvalue weighted by atomic mass is 127. The number of benzene rings is 6. The number of hydrogen-bond donors (Lipinski definition) is 2. The van der Waals surface area contributed by atoms with Crippen LogP contribution in [0.3, 0.4) is 0 Å². The normalized spacial score (nSPS) is 16.1. The van der Waals surface area contributed by atoms with Crippen molar-refractivity contribution in [2.45, 2.75) is 29.7 Å². The van der Waals surface area contributed by atoms with Crippen LogP contribution in [0.4, 0.5) is 5.13 Å². The minimum Gasteiger partial charge on any atom is -0.448 e. The zero-order valence-electron chi connectivity index (χ0n) is 34.8. The number of fused-ring (bicyclic) bond motifs is 1. The molecule has 2 atom stereocenters. The summed E-state index contributed by atoms with van der Waals surface area (Å²) in [7, 11) is 0. The smallest absolute Gasteiger partial charge is 0.356 e. The van der Waals surface area contributed by atoms with E-state index in [4.69, 9.17) is 14.6 Å². The number of thioether (sulfide) groups is 1. The topological polar surface area (TPSA) is 122 Å². The number of rotatable bonds is 16. The van der Waals surface area contributed by atoms with Gasteiger partial charge in [-0.2, -0.15) is 0 Å². The highest BCUT2D eigenvalue weighted by Gasteiger charge is 2.55. The van der Waals surface area contributed by atoms with Crippen LogP contribution in [-0.2, 0) is 36.1 Å². The summed E-state index contributed by atoms with van der Waals surface area (Å²) in [6.07, 6.45) is -0.696. The number of carbonyl (C=O) groups is 3. The third-order valence-corrected chi connectivity index (χ3v) is 14.2. The van der Waals surface area contributed by atoms with Crippen LogP contribution in [0.2, 0.25) is 0 Å². The van der Waals surface area contributed by atoms with Crippen LogP contribution in [0.25, 0.3) is 0 Å². The third kappa shape index (κ3) is 9.22. The average Bonchev–Trinajstić information content (AvgIpc) is 3.84. The van der Waals surface area contributed by atoms with E-state index in [9.17, 15) is 14.4 Å². The van der Waals surface area contributed by atoms with Gasteiger partial charge in [-0.3, -0.25) is 14.5 Å². The number of esters is 1. The van der Waals surface area contributed by atoms with Gasteiger partial charge in [0.2, 0.25) is 0 Å². The predicted molar refractivity (Wildman–Crippen MR) is 264 cm³/mol. The highest BCUT2D eigenvalue weighted by molar-refractivity contribution is 14.1. The number of amides is 2. The molecule has 9 rings (SSSR count). The molecular formula is C52H42IN5O5S2. The summed E-state index contributed by atoms with van der Waals surface area (Å²) in [6, 6.07) is 58.1. The fourth-order valence-corrected chi connectivity index (χ4v) is 11.2. The van der Waals surface area contributed by atoms with Gasteiger partial charge in [-0.1, -0.05) is 210 Å². The molecular weight excluding hydrogens is 966 g/mol. The molecule has 0 radical (unpaired) electrons. The lowest BCUT2D eigenvalue weighted by Crippen LogP contribution is -2.71. The standard InChI is InChI=1S/C52H42IN5O5S2/c53-31-38-33-64-49-44(48(60)58(49)45(38)50(61)63-46(36-21-9-2-10-22-36)37-23-11-3-12-24-37)55-47(59)43(57-62-32-35-19-7-1-8-20-35)42-34-65-51(54-42)56-52(39-25-13-4-14-26-39,40-27-15-5-16-28-40)41-29-17-6-18-30-41/h1-30,34,44,46,49H,31-33H2,(H,54,56)(H,55,59)/b57-43+/t44-,49-/m1/s1. The van der Waals surface area contributed by atoms with Crippen molar-refractivity contribution in [2.24, 2.45) is 5.16 Å². The lowest BCUT2D eigenvalue weighted by atomic mass is 9.77. The van der Waals surface area contributed by atoms with E-state index in [2.05, 4.69) is 74.8 Å². The summed E-state index contributed by atoms with van der Waals surface area (Å²) in [5.74, 6) is -1.20. The van der Waals surface area contributed by atoms with Gasteiger partial charge in [0.15, 0.2) is 16.9 Å². The number of thiazole rings is 1. The first-order valence-corrected chi connectivity index (χ1v) is 24.4. The summed E-state index contributed by atoms with van der Waals surface area (Å²) >= 11 is 5.02. The summed E-state index contributed by atoms with van der Waals surface area (Å²) in [6.45, 7) is 0.100. The van der Waals surface area contributed by atoms with Crippen molar-refractivity contribution in [3.63, 3.8) is 0 Å². The number of β-lactam (4-membered cyclic amide) rings is 1. The molecule has 65 heavy (non-hydrogen) atoms. The summed E-state index contributed by atoms with van der Waals surface area (Å²) in [5.41, 5.74) is 5.72. The van der Waals surface area contributed by atoms with Gasteiger partial charge in [0, 0.05) is 15.6 Å². The Kier molecular flexibility index (Phi) is 13.5. The number of nitrogens with one attached hydrogen (secondary N) is 2. The van der Waals surface area contributed by atoms with Crippen molar-refractivity contribution >= 4 is 74.3 Å². The predicted octanol–water partition coefficient (Wildman–Crippen LogP) is 9.89. The Balaban J connectivity index is 0.999. The first-order valence-electron chi connectivity index (χ1n) is 20.9. The Morgan fingerprint density at radius 2 is 1.26 bits per heavy atom. The van der Waals surface area contributed by atoms with E-state index in [1.54, 1.807) is 5.38 Å². The van der Waals surface area contributed by atoms with Crippen LogP contribution in [-0.4, -0.2) is 55.0 Å². The Morgan fingerprint density at radius 3 is 1.78 bits per heavy atom. The van der Waals surface area contributed by atoms with Gasteiger partial charge in [-0.25, -0.2) is 9.78 Å². The SMILES string of the molecule is O=C(OC(c1ccccc1)c1ccccc1)C1=C(CI)CS[C@@H]2[C@H](NC(=O)/C(=N/OCc3ccccc3)c3csc(NC(c4ccccc4)(c4ccccc4)c4ccccc4)n3)C(=O)N12. The molecule has 2 aliphatic rings. The maximum atomic E-state index is 14.5. The second-order valence-corrected chi connectivity index (χ2v) is 18.0. The number of hydrogen-bond acceptors (Lipinski definition) is 10. The number of ether oxygens (including phenoxy) is 1. The van der Waals surface area contributed by atoms with E-state index < -0.39 is 40.8 Å². The van der Waals surface area contributed by atoms with Gasteiger partial charge >= 0.3 is 5.97 Å². The van der Waals surface area contributed by atoms with Crippen LogP contribution in [0.15, 0.2) is 204 Å². The first-order chi connectivity index (χ1) is 31.9. The molecule has 13 heteroatoms. The van der Waals surface area contributed by atoms with Crippen molar-refractivity contribution in [1.82, 2.24) is 15.2 Å². The minimum absolute atomic E-state index is 0.0984. The fraction of sp³-hybridized carbons (Fsp3) is 0.135. The zero-order chi connectivity index (χ0) is 44.6. The van der Waals surface area contributed by atoms with Gasteiger partial charge in [-0.05, 0) is 39.0 Å². The number of alkyl halides is 1. The molecule has 324 valence electrons. The molecule has 1 saturated heterocycles. The Bertz CT molecular complexity index is 2680. The highest BCUT2D eigenvalue weighted by Crippen LogP contribution is 2.43. The maximum absolute atomic E-state index is 14.5. The van der Waals surface area contributed by atoms with E-state index in [1.807, 2.05) is 146 Å². The second kappa shape index (κ2) is 20.1. The zero-order valence-corrected chi connectivity index (χ0v) is 38.6. The van der Waals surface area contributed by atoms with Crippen molar-refractivity contribution < 1.29 is 24.0 Å². The van der Waals surface area contributed by atoms with Gasteiger partial charge < -0.3 is 20.2 Å².